The Morgan fingerprint density at radius 1 is 1.04 bits per heavy atom. The van der Waals surface area contributed by atoms with E-state index in [1.807, 2.05) is 62.4 Å². The van der Waals surface area contributed by atoms with E-state index in [0.717, 1.165) is 16.9 Å². The fourth-order valence-corrected chi connectivity index (χ4v) is 2.56. The molecule has 5 heteroatoms. The number of aromatic nitrogens is 1. The quantitative estimate of drug-likeness (QED) is 0.673. The molecule has 3 aromatic rings. The van der Waals surface area contributed by atoms with Gasteiger partial charge in [0.15, 0.2) is 0 Å². The molecule has 2 N–H and O–H groups in total. The zero-order valence-corrected chi connectivity index (χ0v) is 14.8. The number of carbonyl (C=O) groups is 1. The van der Waals surface area contributed by atoms with E-state index >= 15 is 0 Å². The standard InChI is InChI=1S/C21H21N3O2/c1-3-26-20-10-5-4-9-18(20)24-21(25)19-14-17(11-12-22-19)23-16-8-6-7-15(2)13-16/h4-14H,3H2,1-2H3,(H,22,23)(H,24,25). The number of aryl methyl sites for hydroxylation is 1. The molecule has 0 atom stereocenters. The third-order valence-electron chi connectivity index (χ3n) is 3.73. The number of nitrogens with one attached hydrogen (secondary N) is 2. The first-order valence-electron chi connectivity index (χ1n) is 8.48. The Hall–Kier alpha value is -3.34. The van der Waals surface area contributed by atoms with E-state index < -0.39 is 0 Å². The number of pyridine rings is 1. The molecule has 0 radical (unpaired) electrons. The van der Waals surface area contributed by atoms with Crippen molar-refractivity contribution in [2.24, 2.45) is 0 Å². The maximum absolute atomic E-state index is 12.6. The summed E-state index contributed by atoms with van der Waals surface area (Å²) in [6, 6.07) is 18.9. The molecule has 0 fully saturated rings. The molecule has 0 saturated carbocycles. The van der Waals surface area contributed by atoms with Crippen LogP contribution in [0, 0.1) is 6.92 Å². The van der Waals surface area contributed by atoms with Gasteiger partial charge in [-0.1, -0.05) is 24.3 Å². The summed E-state index contributed by atoms with van der Waals surface area (Å²) in [7, 11) is 0. The minimum atomic E-state index is -0.287. The summed E-state index contributed by atoms with van der Waals surface area (Å²) in [5.41, 5.74) is 3.87. The van der Waals surface area contributed by atoms with Gasteiger partial charge in [0.25, 0.3) is 5.91 Å². The van der Waals surface area contributed by atoms with E-state index in [-0.39, 0.29) is 5.91 Å². The summed E-state index contributed by atoms with van der Waals surface area (Å²) < 4.78 is 5.54. The molecule has 2 aromatic carbocycles. The monoisotopic (exact) mass is 347 g/mol. The van der Waals surface area contributed by atoms with Gasteiger partial charge in [0.2, 0.25) is 0 Å². The van der Waals surface area contributed by atoms with Crippen LogP contribution in [0.4, 0.5) is 17.1 Å². The molecular formula is C21H21N3O2. The molecule has 1 heterocycles. The van der Waals surface area contributed by atoms with Crippen LogP contribution in [0.2, 0.25) is 0 Å². The second kappa shape index (κ2) is 8.16. The van der Waals surface area contributed by atoms with E-state index in [2.05, 4.69) is 15.6 Å². The Labute approximate surface area is 153 Å². The lowest BCUT2D eigenvalue weighted by molar-refractivity contribution is 0.102. The molecule has 0 aliphatic heterocycles. The summed E-state index contributed by atoms with van der Waals surface area (Å²) in [5, 5.41) is 6.15. The molecule has 0 aliphatic carbocycles. The lowest BCUT2D eigenvalue weighted by Crippen LogP contribution is -2.14. The third-order valence-corrected chi connectivity index (χ3v) is 3.73. The van der Waals surface area contributed by atoms with Crippen molar-refractivity contribution in [3.05, 3.63) is 78.1 Å². The Balaban J connectivity index is 1.76. The van der Waals surface area contributed by atoms with Crippen molar-refractivity contribution in [1.82, 2.24) is 4.98 Å². The normalized spacial score (nSPS) is 10.2. The Kier molecular flexibility index (Phi) is 5.49. The average Bonchev–Trinajstić information content (AvgIpc) is 2.64. The predicted molar refractivity (Wildman–Crippen MR) is 104 cm³/mol. The minimum absolute atomic E-state index is 0.287. The van der Waals surface area contributed by atoms with Crippen molar-refractivity contribution < 1.29 is 9.53 Å². The maximum atomic E-state index is 12.6. The number of rotatable bonds is 6. The number of ether oxygens (including phenoxy) is 1. The Morgan fingerprint density at radius 2 is 1.85 bits per heavy atom. The van der Waals surface area contributed by atoms with Gasteiger partial charge in [-0.15, -0.1) is 0 Å². The lowest BCUT2D eigenvalue weighted by Gasteiger charge is -2.12. The summed E-state index contributed by atoms with van der Waals surface area (Å²) >= 11 is 0. The first kappa shape index (κ1) is 17.5. The van der Waals surface area contributed by atoms with Gasteiger partial charge in [-0.05, 0) is 55.8 Å². The smallest absolute Gasteiger partial charge is 0.274 e. The van der Waals surface area contributed by atoms with Gasteiger partial charge in [0, 0.05) is 17.6 Å². The van der Waals surface area contributed by atoms with Crippen molar-refractivity contribution in [2.75, 3.05) is 17.2 Å². The van der Waals surface area contributed by atoms with Crippen molar-refractivity contribution >= 4 is 23.0 Å². The molecule has 5 nitrogen and oxygen atoms in total. The van der Waals surface area contributed by atoms with E-state index in [0.29, 0.717) is 23.7 Å². The van der Waals surface area contributed by atoms with Crippen molar-refractivity contribution in [1.29, 1.82) is 0 Å². The molecule has 1 aromatic heterocycles. The fraction of sp³-hybridized carbons (Fsp3) is 0.143. The van der Waals surface area contributed by atoms with E-state index in [4.69, 9.17) is 4.74 Å². The highest BCUT2D eigenvalue weighted by Crippen LogP contribution is 2.24. The zero-order valence-electron chi connectivity index (χ0n) is 14.8. The van der Waals surface area contributed by atoms with Crippen LogP contribution in [0.25, 0.3) is 0 Å². The molecule has 26 heavy (non-hydrogen) atoms. The van der Waals surface area contributed by atoms with Gasteiger partial charge in [-0.2, -0.15) is 0 Å². The summed E-state index contributed by atoms with van der Waals surface area (Å²) in [5.74, 6) is 0.349. The van der Waals surface area contributed by atoms with Gasteiger partial charge in [0.1, 0.15) is 11.4 Å². The number of amides is 1. The number of para-hydroxylation sites is 2. The van der Waals surface area contributed by atoms with Gasteiger partial charge < -0.3 is 15.4 Å². The average molecular weight is 347 g/mol. The predicted octanol–water partition coefficient (Wildman–Crippen LogP) is 4.78. The lowest BCUT2D eigenvalue weighted by atomic mass is 10.2. The van der Waals surface area contributed by atoms with E-state index in [1.165, 1.54) is 0 Å². The van der Waals surface area contributed by atoms with Gasteiger partial charge in [-0.3, -0.25) is 9.78 Å². The molecule has 0 bridgehead atoms. The molecular weight excluding hydrogens is 326 g/mol. The van der Waals surface area contributed by atoms with Crippen LogP contribution in [-0.2, 0) is 0 Å². The van der Waals surface area contributed by atoms with Crippen LogP contribution in [0.5, 0.6) is 5.75 Å². The van der Waals surface area contributed by atoms with Crippen LogP contribution >= 0.6 is 0 Å². The van der Waals surface area contributed by atoms with E-state index in [1.54, 1.807) is 18.3 Å². The molecule has 3 rings (SSSR count). The van der Waals surface area contributed by atoms with Gasteiger partial charge in [0.05, 0.1) is 12.3 Å². The highest BCUT2D eigenvalue weighted by atomic mass is 16.5. The number of nitrogens with zero attached hydrogens (tertiary/aromatic N) is 1. The molecule has 0 saturated heterocycles. The van der Waals surface area contributed by atoms with E-state index in [9.17, 15) is 4.79 Å². The molecule has 0 spiro atoms. The van der Waals surface area contributed by atoms with Crippen molar-refractivity contribution in [3.8, 4) is 5.75 Å². The molecule has 132 valence electrons. The largest absolute Gasteiger partial charge is 0.492 e. The third kappa shape index (κ3) is 4.39. The second-order valence-electron chi connectivity index (χ2n) is 5.81. The Morgan fingerprint density at radius 3 is 2.65 bits per heavy atom. The van der Waals surface area contributed by atoms with Crippen molar-refractivity contribution in [2.45, 2.75) is 13.8 Å². The molecule has 1 amide bonds. The summed E-state index contributed by atoms with van der Waals surface area (Å²) in [4.78, 5) is 16.7. The number of benzene rings is 2. The number of hydrogen-bond donors (Lipinski definition) is 2. The number of hydrogen-bond acceptors (Lipinski definition) is 4. The van der Waals surface area contributed by atoms with Crippen LogP contribution in [-0.4, -0.2) is 17.5 Å². The zero-order chi connectivity index (χ0) is 18.4. The van der Waals surface area contributed by atoms with Crippen LogP contribution < -0.4 is 15.4 Å². The Bertz CT molecular complexity index is 909. The fourth-order valence-electron chi connectivity index (χ4n) is 2.56. The van der Waals surface area contributed by atoms with Crippen LogP contribution in [0.3, 0.4) is 0 Å². The highest BCUT2D eigenvalue weighted by molar-refractivity contribution is 6.04. The first-order valence-corrected chi connectivity index (χ1v) is 8.48. The van der Waals surface area contributed by atoms with Crippen molar-refractivity contribution in [3.63, 3.8) is 0 Å². The molecule has 0 aliphatic rings. The summed E-state index contributed by atoms with van der Waals surface area (Å²) in [6.45, 7) is 4.47. The second-order valence-corrected chi connectivity index (χ2v) is 5.81. The van der Waals surface area contributed by atoms with Crippen LogP contribution in [0.15, 0.2) is 66.9 Å². The summed E-state index contributed by atoms with van der Waals surface area (Å²) in [6.07, 6.45) is 1.61. The SMILES string of the molecule is CCOc1ccccc1NC(=O)c1cc(Nc2cccc(C)c2)ccn1. The first-order chi connectivity index (χ1) is 12.7. The van der Waals surface area contributed by atoms with Crippen LogP contribution in [0.1, 0.15) is 23.0 Å². The molecule has 0 unspecified atom stereocenters. The highest BCUT2D eigenvalue weighted by Gasteiger charge is 2.11. The van der Waals surface area contributed by atoms with Gasteiger partial charge >= 0.3 is 0 Å². The van der Waals surface area contributed by atoms with Gasteiger partial charge in [-0.25, -0.2) is 0 Å². The minimum Gasteiger partial charge on any atom is -0.492 e. The number of anilines is 3. The topological polar surface area (TPSA) is 63.2 Å². The number of carbonyl (C=O) groups excluding carboxylic acids is 1. The maximum Gasteiger partial charge on any atom is 0.274 e.